The Morgan fingerprint density at radius 3 is 2.60 bits per heavy atom. The van der Waals surface area contributed by atoms with Gasteiger partial charge in [-0.25, -0.2) is 5.43 Å². The van der Waals surface area contributed by atoms with Crippen LogP contribution in [-0.4, -0.2) is 60.7 Å². The van der Waals surface area contributed by atoms with Crippen molar-refractivity contribution in [2.45, 2.75) is 19.8 Å². The summed E-state index contributed by atoms with van der Waals surface area (Å²) in [6.45, 7) is 8.80. The monoisotopic (exact) mass is 341 g/mol. The maximum atomic E-state index is 12.5. The molecule has 3 N–H and O–H groups in total. The number of hydrogen-bond acceptors (Lipinski definition) is 5. The van der Waals surface area contributed by atoms with Gasteiger partial charge in [-0.1, -0.05) is 25.5 Å². The van der Waals surface area contributed by atoms with Gasteiger partial charge >= 0.3 is 0 Å². The summed E-state index contributed by atoms with van der Waals surface area (Å²) in [5.41, 5.74) is 11.0. The molecule has 6 heteroatoms. The van der Waals surface area contributed by atoms with E-state index in [1.54, 1.807) is 12.1 Å². The van der Waals surface area contributed by atoms with Crippen molar-refractivity contribution in [1.82, 2.24) is 15.2 Å². The molecule has 6 nitrogen and oxygen atoms in total. The van der Waals surface area contributed by atoms with Crippen LogP contribution in [0, 0.1) is 11.3 Å². The molecule has 4 aliphatic heterocycles. The summed E-state index contributed by atoms with van der Waals surface area (Å²) in [4.78, 5) is 17.7. The molecule has 1 aromatic rings. The Morgan fingerprint density at radius 2 is 1.96 bits per heavy atom. The van der Waals surface area contributed by atoms with Gasteiger partial charge in [-0.15, -0.1) is 0 Å². The van der Waals surface area contributed by atoms with Crippen LogP contribution in [0.25, 0.3) is 0 Å². The molecule has 1 aromatic carbocycles. The maximum absolute atomic E-state index is 12.5. The molecule has 0 radical (unpaired) electrons. The lowest BCUT2D eigenvalue weighted by atomic mass is 9.68. The highest BCUT2D eigenvalue weighted by Crippen LogP contribution is 2.41. The van der Waals surface area contributed by atoms with Gasteiger partial charge in [0.05, 0.1) is 11.3 Å². The SMILES string of the molecule is CCCC12CN3CCN(CC(C3)/C1=N\NC(=O)c1ccccc1N)C2. The highest BCUT2D eigenvalue weighted by molar-refractivity contribution is 6.01. The van der Waals surface area contributed by atoms with Crippen molar-refractivity contribution >= 4 is 17.3 Å². The van der Waals surface area contributed by atoms with E-state index in [1.165, 1.54) is 5.71 Å². The fourth-order valence-corrected chi connectivity index (χ4v) is 4.96. The van der Waals surface area contributed by atoms with E-state index >= 15 is 0 Å². The lowest BCUT2D eigenvalue weighted by Crippen LogP contribution is -2.61. The van der Waals surface area contributed by atoms with Crippen LogP contribution < -0.4 is 11.2 Å². The third kappa shape index (κ3) is 2.93. The van der Waals surface area contributed by atoms with Gasteiger partial charge in [0.2, 0.25) is 0 Å². The molecule has 4 fully saturated rings. The largest absolute Gasteiger partial charge is 0.398 e. The number of nitrogens with two attached hydrogens (primary N) is 1. The number of amides is 1. The van der Waals surface area contributed by atoms with E-state index in [9.17, 15) is 4.79 Å². The fourth-order valence-electron chi connectivity index (χ4n) is 4.96. The van der Waals surface area contributed by atoms with E-state index in [2.05, 4.69) is 27.3 Å². The number of benzene rings is 1. The number of nitrogens with one attached hydrogen (secondary N) is 1. The standard InChI is InChI=1S/C19H27N5O/c1-2-7-19-12-23-8-9-24(13-19)11-14(10-23)17(19)21-22-18(25)15-5-3-4-6-16(15)20/h3-6,14H,2,7-13,20H2,1H3,(H,22,25)/b21-17+. The number of hydrogen-bond donors (Lipinski definition) is 2. The molecular weight excluding hydrogens is 314 g/mol. The summed E-state index contributed by atoms with van der Waals surface area (Å²) in [7, 11) is 0. The van der Waals surface area contributed by atoms with Crippen LogP contribution in [0.15, 0.2) is 29.4 Å². The third-order valence-electron chi connectivity index (χ3n) is 5.88. The summed E-state index contributed by atoms with van der Waals surface area (Å²) in [5.74, 6) is 0.203. The highest BCUT2D eigenvalue weighted by Gasteiger charge is 2.51. The van der Waals surface area contributed by atoms with Crippen molar-refractivity contribution in [2.24, 2.45) is 16.4 Å². The summed E-state index contributed by atoms with van der Waals surface area (Å²) < 4.78 is 0. The summed E-state index contributed by atoms with van der Waals surface area (Å²) in [5, 5.41) is 4.68. The van der Waals surface area contributed by atoms with E-state index in [4.69, 9.17) is 5.73 Å². The van der Waals surface area contributed by atoms with Gasteiger partial charge in [-0.2, -0.15) is 5.10 Å². The van der Waals surface area contributed by atoms with E-state index in [0.717, 1.165) is 52.1 Å². The van der Waals surface area contributed by atoms with Crippen molar-refractivity contribution in [2.75, 3.05) is 45.0 Å². The second-order valence-electron chi connectivity index (χ2n) is 7.72. The van der Waals surface area contributed by atoms with Crippen LogP contribution >= 0.6 is 0 Å². The Bertz CT molecular complexity index is 685. The van der Waals surface area contributed by atoms with Gasteiger partial charge in [0, 0.05) is 56.3 Å². The zero-order valence-corrected chi connectivity index (χ0v) is 14.9. The van der Waals surface area contributed by atoms with Gasteiger partial charge < -0.3 is 15.5 Å². The predicted molar refractivity (Wildman–Crippen MR) is 99.5 cm³/mol. The van der Waals surface area contributed by atoms with Crippen LogP contribution in [0.3, 0.4) is 0 Å². The second-order valence-corrected chi connectivity index (χ2v) is 7.72. The minimum absolute atomic E-state index is 0.0852. The maximum Gasteiger partial charge on any atom is 0.273 e. The molecule has 0 aromatic heterocycles. The van der Waals surface area contributed by atoms with Gasteiger partial charge in [-0.05, 0) is 18.6 Å². The van der Waals surface area contributed by atoms with Gasteiger partial charge in [0.15, 0.2) is 0 Å². The number of piperidine rings is 2. The van der Waals surface area contributed by atoms with Crippen molar-refractivity contribution < 1.29 is 4.79 Å². The van der Waals surface area contributed by atoms with E-state index in [1.807, 2.05) is 12.1 Å². The molecule has 4 aliphatic rings. The number of carbonyl (C=O) groups is 1. The normalized spacial score (nSPS) is 34.9. The average Bonchev–Trinajstić information content (AvgIpc) is 2.82. The minimum Gasteiger partial charge on any atom is -0.398 e. The first kappa shape index (κ1) is 16.5. The van der Waals surface area contributed by atoms with Crippen LogP contribution in [0.4, 0.5) is 5.69 Å². The molecule has 0 spiro atoms. The van der Waals surface area contributed by atoms with Crippen LogP contribution in [0.1, 0.15) is 30.1 Å². The predicted octanol–water partition coefficient (Wildman–Crippen LogP) is 1.40. The molecule has 4 saturated heterocycles. The first-order valence-electron chi connectivity index (χ1n) is 9.29. The van der Waals surface area contributed by atoms with Crippen molar-refractivity contribution in [3.05, 3.63) is 29.8 Å². The number of anilines is 1. The third-order valence-corrected chi connectivity index (χ3v) is 5.88. The molecule has 5 rings (SSSR count). The van der Waals surface area contributed by atoms with Crippen LogP contribution in [-0.2, 0) is 0 Å². The minimum atomic E-state index is -0.218. The molecule has 2 atom stereocenters. The molecule has 25 heavy (non-hydrogen) atoms. The summed E-state index contributed by atoms with van der Waals surface area (Å²) >= 11 is 0. The number of para-hydroxylation sites is 1. The average molecular weight is 341 g/mol. The lowest BCUT2D eigenvalue weighted by molar-refractivity contribution is 0.0941. The number of carbonyl (C=O) groups excluding carboxylic acids is 1. The number of rotatable bonds is 4. The Balaban J connectivity index is 1.61. The summed E-state index contributed by atoms with van der Waals surface area (Å²) in [6, 6.07) is 7.14. The zero-order valence-electron chi connectivity index (χ0n) is 14.9. The van der Waals surface area contributed by atoms with E-state index < -0.39 is 0 Å². The molecule has 2 unspecified atom stereocenters. The molecular formula is C19H27N5O. The first-order valence-corrected chi connectivity index (χ1v) is 9.29. The first-order chi connectivity index (χ1) is 12.1. The molecule has 0 aliphatic carbocycles. The number of nitrogen functional groups attached to an aromatic ring is 1. The topological polar surface area (TPSA) is 74.0 Å². The number of fused-ring (bicyclic) bond motifs is 1. The molecule has 4 bridgehead atoms. The zero-order chi connectivity index (χ0) is 17.4. The highest BCUT2D eigenvalue weighted by atomic mass is 16.2. The number of hydrazone groups is 1. The van der Waals surface area contributed by atoms with Crippen LogP contribution in [0.2, 0.25) is 0 Å². The Morgan fingerprint density at radius 1 is 1.28 bits per heavy atom. The van der Waals surface area contributed by atoms with Gasteiger partial charge in [0.1, 0.15) is 0 Å². The van der Waals surface area contributed by atoms with E-state index in [0.29, 0.717) is 17.2 Å². The van der Waals surface area contributed by atoms with Crippen LogP contribution in [0.5, 0.6) is 0 Å². The summed E-state index contributed by atoms with van der Waals surface area (Å²) in [6.07, 6.45) is 2.26. The van der Waals surface area contributed by atoms with Crippen molar-refractivity contribution in [1.29, 1.82) is 0 Å². The van der Waals surface area contributed by atoms with Gasteiger partial charge in [-0.3, -0.25) is 4.79 Å². The van der Waals surface area contributed by atoms with Crippen molar-refractivity contribution in [3.8, 4) is 0 Å². The molecule has 4 heterocycles. The Labute approximate surface area is 149 Å². The van der Waals surface area contributed by atoms with E-state index in [-0.39, 0.29) is 11.3 Å². The quantitative estimate of drug-likeness (QED) is 0.641. The Hall–Kier alpha value is -1.92. The second kappa shape index (κ2) is 6.42. The lowest BCUT2D eigenvalue weighted by Gasteiger charge is -2.50. The molecule has 1 amide bonds. The van der Waals surface area contributed by atoms with Gasteiger partial charge in [0.25, 0.3) is 5.91 Å². The molecule has 0 saturated carbocycles. The van der Waals surface area contributed by atoms with Crippen molar-refractivity contribution in [3.63, 3.8) is 0 Å². The Kier molecular flexibility index (Phi) is 4.25. The fraction of sp³-hybridized carbons (Fsp3) is 0.579. The molecule has 134 valence electrons. The number of nitrogens with zero attached hydrogens (tertiary/aromatic N) is 3. The smallest absolute Gasteiger partial charge is 0.273 e.